The third-order valence-electron chi connectivity index (χ3n) is 5.18. The van der Waals surface area contributed by atoms with Gasteiger partial charge >= 0.3 is 5.91 Å². The van der Waals surface area contributed by atoms with E-state index in [2.05, 4.69) is 29.2 Å². The molecule has 2 aromatic carbocycles. The number of fused-ring (bicyclic) bond motifs is 1. The minimum Gasteiger partial charge on any atom is -0.378 e. The maximum Gasteiger partial charge on any atom is 0.303 e. The van der Waals surface area contributed by atoms with Crippen LogP contribution in [-0.2, 0) is 16.1 Å². The van der Waals surface area contributed by atoms with E-state index in [1.807, 2.05) is 7.05 Å². The Bertz CT molecular complexity index is 894. The molecule has 2 aliphatic heterocycles. The largest absolute Gasteiger partial charge is 0.378 e. The van der Waals surface area contributed by atoms with Crippen LogP contribution in [0.4, 0.5) is 15.8 Å². The molecule has 0 bridgehead atoms. The smallest absolute Gasteiger partial charge is 0.303 e. The fourth-order valence-corrected chi connectivity index (χ4v) is 3.75. The van der Waals surface area contributed by atoms with Crippen LogP contribution in [0.3, 0.4) is 0 Å². The molecule has 1 amide bonds. The topological polar surface area (TPSA) is 54.3 Å². The number of carbonyl (C=O) groups is 2. The summed E-state index contributed by atoms with van der Waals surface area (Å²) in [5, 5.41) is 0. The van der Waals surface area contributed by atoms with Gasteiger partial charge in [0.2, 0.25) is 0 Å². The normalized spacial score (nSPS) is 17.8. The Labute approximate surface area is 163 Å². The van der Waals surface area contributed by atoms with Gasteiger partial charge in [-0.05, 0) is 30.3 Å². The fraction of sp³-hybridized carbons (Fsp3) is 0.333. The molecule has 0 aromatic heterocycles. The van der Waals surface area contributed by atoms with E-state index < -0.39 is 17.5 Å². The predicted molar refractivity (Wildman–Crippen MR) is 103 cm³/mol. The molecule has 7 heteroatoms. The van der Waals surface area contributed by atoms with E-state index in [0.29, 0.717) is 18.9 Å². The predicted octanol–water partition coefficient (Wildman–Crippen LogP) is 0.864. The lowest BCUT2D eigenvalue weighted by atomic mass is 10.1. The van der Waals surface area contributed by atoms with Crippen molar-refractivity contribution in [2.24, 2.45) is 0 Å². The van der Waals surface area contributed by atoms with Crippen molar-refractivity contribution in [3.8, 4) is 0 Å². The van der Waals surface area contributed by atoms with Crippen molar-refractivity contribution in [2.75, 3.05) is 49.8 Å². The summed E-state index contributed by atoms with van der Waals surface area (Å²) in [7, 11) is 1.97. The Morgan fingerprint density at radius 1 is 1.07 bits per heavy atom. The summed E-state index contributed by atoms with van der Waals surface area (Å²) >= 11 is 0. The Kier molecular flexibility index (Phi) is 5.11. The highest BCUT2D eigenvalue weighted by Crippen LogP contribution is 2.28. The van der Waals surface area contributed by atoms with Crippen LogP contribution in [0.2, 0.25) is 0 Å². The minimum absolute atomic E-state index is 0.146. The molecule has 1 atom stereocenters. The lowest BCUT2D eigenvalue weighted by Gasteiger charge is -2.29. The Morgan fingerprint density at radius 3 is 2.50 bits per heavy atom. The van der Waals surface area contributed by atoms with Crippen LogP contribution in [0.25, 0.3) is 0 Å². The number of amides is 1. The van der Waals surface area contributed by atoms with E-state index in [0.717, 1.165) is 42.8 Å². The zero-order valence-electron chi connectivity index (χ0n) is 15.8. The van der Waals surface area contributed by atoms with Crippen molar-refractivity contribution in [1.29, 1.82) is 0 Å². The molecule has 2 heterocycles. The van der Waals surface area contributed by atoms with E-state index >= 15 is 0 Å². The molecule has 1 fully saturated rings. The number of carbonyl (C=O) groups excluding carboxylic acids is 2. The summed E-state index contributed by atoms with van der Waals surface area (Å²) < 4.78 is 18.8. The molecule has 1 unspecified atom stereocenters. The highest BCUT2D eigenvalue weighted by Gasteiger charge is 2.37. The van der Waals surface area contributed by atoms with E-state index in [9.17, 15) is 14.0 Å². The van der Waals surface area contributed by atoms with Crippen LogP contribution >= 0.6 is 0 Å². The van der Waals surface area contributed by atoms with Crippen LogP contribution in [0.15, 0.2) is 42.5 Å². The number of ketones is 1. The second kappa shape index (κ2) is 7.69. The van der Waals surface area contributed by atoms with Crippen LogP contribution in [0.1, 0.15) is 15.9 Å². The molecular weight excluding hydrogens is 361 g/mol. The first-order valence-corrected chi connectivity index (χ1v) is 9.41. The van der Waals surface area contributed by atoms with Gasteiger partial charge in [0.25, 0.3) is 5.78 Å². The van der Waals surface area contributed by atoms with Crippen LogP contribution in [0, 0.1) is 5.82 Å². The van der Waals surface area contributed by atoms with E-state index in [-0.39, 0.29) is 5.56 Å². The molecular formula is C21H23FN3O3+. The SMILES string of the molecule is C[NH+](Cc1ccc(N2CCOCC2)cc1)CN1C(=O)C(=O)c2cc(F)ccc21. The highest BCUT2D eigenvalue weighted by atomic mass is 19.1. The standard InChI is InChI=1S/C21H22FN3O3/c1-23(13-15-2-5-17(6-3-15)24-8-10-28-11-9-24)14-25-19-7-4-16(22)12-18(19)20(26)21(25)27/h2-7,12H,8-11,13-14H2,1H3/p+1. The number of ether oxygens (including phenoxy) is 1. The number of morpholine rings is 1. The molecule has 0 aliphatic carbocycles. The maximum absolute atomic E-state index is 13.4. The molecule has 4 rings (SSSR count). The van der Waals surface area contributed by atoms with Gasteiger partial charge in [-0.25, -0.2) is 4.39 Å². The number of hydrogen-bond donors (Lipinski definition) is 1. The first-order valence-electron chi connectivity index (χ1n) is 9.41. The van der Waals surface area contributed by atoms with Gasteiger partial charge in [-0.3, -0.25) is 14.5 Å². The molecule has 6 nitrogen and oxygen atoms in total. The van der Waals surface area contributed by atoms with Gasteiger partial charge in [0, 0.05) is 24.3 Å². The van der Waals surface area contributed by atoms with Crippen molar-refractivity contribution in [3.63, 3.8) is 0 Å². The summed E-state index contributed by atoms with van der Waals surface area (Å²) in [6.07, 6.45) is 0. The average molecular weight is 384 g/mol. The number of anilines is 2. The van der Waals surface area contributed by atoms with Crippen LogP contribution < -0.4 is 14.7 Å². The molecule has 2 aromatic rings. The number of Topliss-reactive ketones (excluding diaryl/α,β-unsaturated/α-hetero) is 1. The molecule has 0 radical (unpaired) electrons. The van der Waals surface area contributed by atoms with E-state index in [4.69, 9.17) is 4.74 Å². The van der Waals surface area contributed by atoms with Crippen molar-refractivity contribution in [3.05, 3.63) is 59.4 Å². The van der Waals surface area contributed by atoms with Gasteiger partial charge in [-0.1, -0.05) is 12.1 Å². The van der Waals surface area contributed by atoms with Crippen molar-refractivity contribution < 1.29 is 23.6 Å². The minimum atomic E-state index is -0.642. The van der Waals surface area contributed by atoms with Gasteiger partial charge in [-0.15, -0.1) is 0 Å². The zero-order valence-corrected chi connectivity index (χ0v) is 15.8. The van der Waals surface area contributed by atoms with Gasteiger partial charge < -0.3 is 14.5 Å². The molecule has 146 valence electrons. The van der Waals surface area contributed by atoms with E-state index in [1.165, 1.54) is 22.7 Å². The summed E-state index contributed by atoms with van der Waals surface area (Å²) in [5.74, 6) is -1.75. The second-order valence-corrected chi connectivity index (χ2v) is 7.28. The first-order chi connectivity index (χ1) is 13.5. The molecule has 0 spiro atoms. The average Bonchev–Trinajstić information content (AvgIpc) is 2.93. The van der Waals surface area contributed by atoms with Crippen molar-refractivity contribution >= 4 is 23.1 Å². The monoisotopic (exact) mass is 384 g/mol. The van der Waals surface area contributed by atoms with Crippen LogP contribution in [-0.4, -0.2) is 51.7 Å². The number of hydrogen-bond acceptors (Lipinski definition) is 4. The number of quaternary nitrogens is 1. The van der Waals surface area contributed by atoms with Gasteiger partial charge in [-0.2, -0.15) is 0 Å². The van der Waals surface area contributed by atoms with Gasteiger partial charge in [0.05, 0.1) is 31.5 Å². The third-order valence-corrected chi connectivity index (χ3v) is 5.18. The summed E-state index contributed by atoms with van der Waals surface area (Å²) in [6.45, 7) is 4.35. The van der Waals surface area contributed by atoms with Gasteiger partial charge in [0.15, 0.2) is 6.67 Å². The molecule has 1 N–H and O–H groups in total. The molecule has 1 saturated heterocycles. The third kappa shape index (κ3) is 3.63. The Balaban J connectivity index is 1.41. The summed E-state index contributed by atoms with van der Waals surface area (Å²) in [5.41, 5.74) is 2.96. The van der Waals surface area contributed by atoms with Crippen molar-refractivity contribution in [2.45, 2.75) is 6.54 Å². The highest BCUT2D eigenvalue weighted by molar-refractivity contribution is 6.52. The molecule has 0 saturated carbocycles. The lowest BCUT2D eigenvalue weighted by molar-refractivity contribution is -0.892. The van der Waals surface area contributed by atoms with Crippen molar-refractivity contribution in [1.82, 2.24) is 0 Å². The number of benzene rings is 2. The summed E-state index contributed by atoms with van der Waals surface area (Å²) in [4.78, 5) is 29.2. The molecule has 2 aliphatic rings. The van der Waals surface area contributed by atoms with Crippen LogP contribution in [0.5, 0.6) is 0 Å². The number of halogens is 1. The number of rotatable bonds is 5. The second-order valence-electron chi connectivity index (χ2n) is 7.28. The number of nitrogens with one attached hydrogen (secondary N) is 1. The first kappa shape index (κ1) is 18.6. The Morgan fingerprint density at radius 2 is 1.79 bits per heavy atom. The number of nitrogens with zero attached hydrogens (tertiary/aromatic N) is 2. The van der Waals surface area contributed by atoms with E-state index in [1.54, 1.807) is 0 Å². The lowest BCUT2D eigenvalue weighted by Crippen LogP contribution is -3.09. The van der Waals surface area contributed by atoms with Gasteiger partial charge in [0.1, 0.15) is 12.4 Å². The Hall–Kier alpha value is -2.77. The fourth-order valence-electron chi connectivity index (χ4n) is 3.75. The maximum atomic E-state index is 13.4. The zero-order chi connectivity index (χ0) is 19.7. The summed E-state index contributed by atoms with van der Waals surface area (Å²) in [6, 6.07) is 12.3. The molecule has 28 heavy (non-hydrogen) atoms. The quantitative estimate of drug-likeness (QED) is 0.778.